The molecule has 0 spiro atoms. The highest BCUT2D eigenvalue weighted by atomic mass is 79.9. The number of rotatable bonds is 1. The van der Waals surface area contributed by atoms with Gasteiger partial charge in [-0.05, 0) is 72.2 Å². The molecule has 1 atom stereocenters. The molecular weight excluding hydrogens is 482 g/mol. The summed E-state index contributed by atoms with van der Waals surface area (Å²) in [6, 6.07) is 14.3. The van der Waals surface area contributed by atoms with Gasteiger partial charge in [0.15, 0.2) is 10.5 Å². The summed E-state index contributed by atoms with van der Waals surface area (Å²) in [7, 11) is 0. The second kappa shape index (κ2) is 6.33. The van der Waals surface area contributed by atoms with Crippen molar-refractivity contribution in [2.75, 3.05) is 5.32 Å². The second-order valence-corrected chi connectivity index (χ2v) is 9.97. The Kier molecular flexibility index (Phi) is 4.11. The number of halogens is 2. The molecule has 1 aliphatic heterocycles. The van der Waals surface area contributed by atoms with Gasteiger partial charge in [-0.1, -0.05) is 44.2 Å². The van der Waals surface area contributed by atoms with Crippen molar-refractivity contribution in [3.05, 3.63) is 68.5 Å². The maximum Gasteiger partial charge on any atom is 0.183 e. The Morgan fingerprint density at radius 1 is 1.11 bits per heavy atom. The molecule has 0 fully saturated rings. The van der Waals surface area contributed by atoms with Gasteiger partial charge in [-0.25, -0.2) is 0 Å². The first-order valence-electron chi connectivity index (χ1n) is 9.34. The van der Waals surface area contributed by atoms with E-state index in [0.717, 1.165) is 49.8 Å². The topological polar surface area (TPSA) is 42.2 Å². The third-order valence-corrected chi connectivity index (χ3v) is 7.39. The third-order valence-electron chi connectivity index (χ3n) is 5.68. The minimum atomic E-state index is -0.158. The van der Waals surface area contributed by atoms with E-state index in [-0.39, 0.29) is 17.2 Å². The fourth-order valence-corrected chi connectivity index (χ4v) is 5.18. The number of fused-ring (bicyclic) bond motifs is 4. The highest BCUT2D eigenvalue weighted by Gasteiger charge is 2.41. The van der Waals surface area contributed by atoms with E-state index in [1.54, 1.807) is 0 Å². The van der Waals surface area contributed by atoms with Gasteiger partial charge >= 0.3 is 0 Å². The van der Waals surface area contributed by atoms with Crippen LogP contribution in [-0.4, -0.2) is 5.78 Å². The minimum absolute atomic E-state index is 0.0704. The van der Waals surface area contributed by atoms with Crippen molar-refractivity contribution in [2.45, 2.75) is 32.7 Å². The first-order chi connectivity index (χ1) is 13.3. The molecule has 3 aromatic rings. The van der Waals surface area contributed by atoms with Crippen LogP contribution >= 0.6 is 31.9 Å². The number of benzene rings is 2. The summed E-state index contributed by atoms with van der Waals surface area (Å²) in [5, 5.41) is 5.92. The second-order valence-electron chi connectivity index (χ2n) is 8.40. The van der Waals surface area contributed by atoms with Gasteiger partial charge in [-0.15, -0.1) is 0 Å². The van der Waals surface area contributed by atoms with Crippen molar-refractivity contribution < 1.29 is 9.21 Å². The zero-order chi connectivity index (χ0) is 19.6. The van der Waals surface area contributed by atoms with Crippen LogP contribution in [0.25, 0.3) is 16.3 Å². The van der Waals surface area contributed by atoms with E-state index >= 15 is 0 Å². The van der Waals surface area contributed by atoms with Crippen molar-refractivity contribution in [3.63, 3.8) is 0 Å². The first-order valence-corrected chi connectivity index (χ1v) is 10.9. The molecule has 2 aliphatic rings. The van der Waals surface area contributed by atoms with Crippen LogP contribution in [-0.2, 0) is 4.79 Å². The maximum atomic E-state index is 13.4. The number of carbonyl (C=O) groups is 1. The predicted octanol–water partition coefficient (Wildman–Crippen LogP) is 7.27. The zero-order valence-electron chi connectivity index (χ0n) is 15.6. The summed E-state index contributed by atoms with van der Waals surface area (Å²) in [4.78, 5) is 13.4. The van der Waals surface area contributed by atoms with Gasteiger partial charge in [0.2, 0.25) is 0 Å². The Hall–Kier alpha value is -1.85. The first kappa shape index (κ1) is 18.2. The number of Topliss-reactive ketones (excluding diaryl/α,β-unsaturated/α-hetero) is 1. The van der Waals surface area contributed by atoms with Crippen molar-refractivity contribution in [2.24, 2.45) is 5.41 Å². The molecule has 1 N–H and O–H groups in total. The van der Waals surface area contributed by atoms with Crippen LogP contribution in [0.3, 0.4) is 0 Å². The molecule has 0 saturated carbocycles. The van der Waals surface area contributed by atoms with Gasteiger partial charge in [-0.2, -0.15) is 0 Å². The van der Waals surface area contributed by atoms with Gasteiger partial charge in [0.05, 0.1) is 4.47 Å². The number of hydrogen-bond acceptors (Lipinski definition) is 3. The van der Waals surface area contributed by atoms with E-state index in [9.17, 15) is 4.79 Å². The highest BCUT2D eigenvalue weighted by molar-refractivity contribution is 9.13. The lowest BCUT2D eigenvalue weighted by Crippen LogP contribution is -2.32. The summed E-state index contributed by atoms with van der Waals surface area (Å²) < 4.78 is 7.51. The van der Waals surface area contributed by atoms with Crippen molar-refractivity contribution in [1.29, 1.82) is 0 Å². The van der Waals surface area contributed by atoms with E-state index in [1.807, 2.05) is 18.2 Å². The van der Waals surface area contributed by atoms with Crippen LogP contribution in [0.2, 0.25) is 0 Å². The summed E-state index contributed by atoms with van der Waals surface area (Å²) >= 11 is 6.96. The van der Waals surface area contributed by atoms with Gasteiger partial charge in [0.1, 0.15) is 11.8 Å². The monoisotopic (exact) mass is 499 g/mol. The molecule has 0 bridgehead atoms. The Balaban J connectivity index is 1.81. The van der Waals surface area contributed by atoms with Gasteiger partial charge in [0, 0.05) is 23.2 Å². The smallest absolute Gasteiger partial charge is 0.183 e. The highest BCUT2D eigenvalue weighted by Crippen LogP contribution is 2.52. The molecule has 28 heavy (non-hydrogen) atoms. The Labute approximate surface area is 180 Å². The average molecular weight is 501 g/mol. The van der Waals surface area contributed by atoms with Crippen LogP contribution in [0.15, 0.2) is 61.6 Å². The van der Waals surface area contributed by atoms with Crippen molar-refractivity contribution in [3.8, 4) is 0 Å². The normalized spacial score (nSPS) is 20.7. The summed E-state index contributed by atoms with van der Waals surface area (Å²) in [6.45, 7) is 4.33. The molecule has 0 unspecified atom stereocenters. The Morgan fingerprint density at radius 3 is 2.64 bits per heavy atom. The standard InChI is InChI=1S/C23H19Br2NO2/c1-23(2)10-14-20(17(27)11-23)19-13-6-4-3-5-12(13)7-8-16(19)26-21(14)18-9-15(24)22(25)28-18/h3-9,21,26H,10-11H2,1-2H3/t21-/m1/s1. The lowest BCUT2D eigenvalue weighted by atomic mass is 9.68. The molecule has 2 aromatic carbocycles. The zero-order valence-corrected chi connectivity index (χ0v) is 18.8. The molecular formula is C23H19Br2NO2. The lowest BCUT2D eigenvalue weighted by molar-refractivity contribution is -0.116. The average Bonchev–Trinajstić information content (AvgIpc) is 2.98. The molecule has 1 aliphatic carbocycles. The molecule has 5 heteroatoms. The number of carbonyl (C=O) groups excluding carboxylic acids is 1. The lowest BCUT2D eigenvalue weighted by Gasteiger charge is -2.39. The van der Waals surface area contributed by atoms with Crippen LogP contribution in [0.1, 0.15) is 44.1 Å². The van der Waals surface area contributed by atoms with E-state index in [0.29, 0.717) is 11.1 Å². The number of hydrogen-bond donors (Lipinski definition) is 1. The predicted molar refractivity (Wildman–Crippen MR) is 119 cm³/mol. The van der Waals surface area contributed by atoms with Crippen LogP contribution in [0, 0.1) is 5.41 Å². The van der Waals surface area contributed by atoms with Crippen LogP contribution in [0.4, 0.5) is 5.69 Å². The third kappa shape index (κ3) is 2.79. The SMILES string of the molecule is CC1(C)CC(=O)C2=C(C1)[C@H](c1cc(Br)c(Br)o1)Nc1ccc3ccccc3c12. The van der Waals surface area contributed by atoms with Gasteiger partial charge < -0.3 is 9.73 Å². The molecule has 3 nitrogen and oxygen atoms in total. The van der Waals surface area contributed by atoms with Crippen LogP contribution < -0.4 is 5.32 Å². The van der Waals surface area contributed by atoms with Crippen molar-refractivity contribution in [1.82, 2.24) is 0 Å². The summed E-state index contributed by atoms with van der Waals surface area (Å²) in [5.41, 5.74) is 3.95. The molecule has 1 aromatic heterocycles. The number of allylic oxidation sites excluding steroid dienone is 1. The van der Waals surface area contributed by atoms with E-state index < -0.39 is 0 Å². The maximum absolute atomic E-state index is 13.4. The molecule has 2 heterocycles. The van der Waals surface area contributed by atoms with Gasteiger partial charge in [0.25, 0.3) is 0 Å². The fraction of sp³-hybridized carbons (Fsp3) is 0.261. The summed E-state index contributed by atoms with van der Waals surface area (Å²) in [5.74, 6) is 1.02. The van der Waals surface area contributed by atoms with E-state index in [1.165, 1.54) is 0 Å². The fourth-order valence-electron chi connectivity index (χ4n) is 4.57. The van der Waals surface area contributed by atoms with Crippen molar-refractivity contribution >= 4 is 59.7 Å². The molecule has 0 radical (unpaired) electrons. The number of furan rings is 1. The van der Waals surface area contributed by atoms with Crippen LogP contribution in [0.5, 0.6) is 0 Å². The number of nitrogens with one attached hydrogen (secondary N) is 1. The van der Waals surface area contributed by atoms with E-state index in [2.05, 4.69) is 75.3 Å². The molecule has 5 rings (SSSR count). The minimum Gasteiger partial charge on any atom is -0.451 e. The Morgan fingerprint density at radius 2 is 1.89 bits per heavy atom. The summed E-state index contributed by atoms with van der Waals surface area (Å²) in [6.07, 6.45) is 1.41. The van der Waals surface area contributed by atoms with E-state index in [4.69, 9.17) is 4.42 Å². The van der Waals surface area contributed by atoms with Gasteiger partial charge in [-0.3, -0.25) is 4.79 Å². The number of ketones is 1. The quantitative estimate of drug-likeness (QED) is 0.382. The largest absolute Gasteiger partial charge is 0.451 e. The molecule has 0 saturated heterocycles. The molecule has 0 amide bonds. The Bertz CT molecular complexity index is 1150. The molecule has 142 valence electrons. The number of anilines is 1.